The Morgan fingerprint density at radius 2 is 2.05 bits per heavy atom. The normalized spacial score (nSPS) is 11.8. The Morgan fingerprint density at radius 3 is 2.58 bits per heavy atom. The Hall–Kier alpha value is -1.60. The summed E-state index contributed by atoms with van der Waals surface area (Å²) in [4.78, 5) is 3.98. The number of hydrogen-bond donors (Lipinski definition) is 1. The van der Waals surface area contributed by atoms with Crippen LogP contribution in [0.5, 0.6) is 0 Å². The monoisotopic (exact) mass is 280 g/mol. The van der Waals surface area contributed by atoms with Crippen LogP contribution in [-0.2, 0) is 12.8 Å². The molecule has 0 amide bonds. The fourth-order valence-corrected chi connectivity index (χ4v) is 2.93. The molecule has 0 aliphatic rings. The highest BCUT2D eigenvalue weighted by Gasteiger charge is 2.20. The fraction of sp³-hybridized carbons (Fsp3) is 0.417. The first-order chi connectivity index (χ1) is 8.90. The molecule has 0 bridgehead atoms. The lowest BCUT2D eigenvalue weighted by Gasteiger charge is -2.16. The maximum Gasteiger partial charge on any atom is 0.141 e. The third-order valence-electron chi connectivity index (χ3n) is 2.58. The van der Waals surface area contributed by atoms with Crippen LogP contribution in [0.25, 0.3) is 11.4 Å². The predicted octanol–water partition coefficient (Wildman–Crippen LogP) is 1.85. The van der Waals surface area contributed by atoms with Crippen molar-refractivity contribution in [2.24, 2.45) is 0 Å². The van der Waals surface area contributed by atoms with Crippen molar-refractivity contribution in [2.45, 2.75) is 32.4 Å². The molecule has 0 fully saturated rings. The van der Waals surface area contributed by atoms with E-state index in [0.29, 0.717) is 17.1 Å². The van der Waals surface area contributed by atoms with E-state index in [0.717, 1.165) is 12.4 Å². The summed E-state index contributed by atoms with van der Waals surface area (Å²) in [5.41, 5.74) is 1.66. The molecule has 0 spiro atoms. The zero-order chi connectivity index (χ0) is 14.0. The molecule has 7 heteroatoms. The van der Waals surface area contributed by atoms with E-state index in [-0.39, 0.29) is 6.61 Å². The van der Waals surface area contributed by atoms with Gasteiger partial charge in [0.05, 0.1) is 32.3 Å². The number of aliphatic hydroxyl groups is 1. The van der Waals surface area contributed by atoms with Crippen molar-refractivity contribution in [3.8, 4) is 11.4 Å². The highest BCUT2D eigenvalue weighted by Crippen LogP contribution is 2.20. The van der Waals surface area contributed by atoms with Gasteiger partial charge >= 0.3 is 0 Å². The smallest absolute Gasteiger partial charge is 0.141 e. The number of aliphatic hydroxyl groups excluding tert-OH is 1. The summed E-state index contributed by atoms with van der Waals surface area (Å²) in [6.45, 7) is 6.48. The van der Waals surface area contributed by atoms with Crippen LogP contribution in [0.4, 0.5) is 4.39 Å². The van der Waals surface area contributed by atoms with Gasteiger partial charge < -0.3 is 5.11 Å². The van der Waals surface area contributed by atoms with E-state index in [4.69, 9.17) is 0 Å². The zero-order valence-corrected chi connectivity index (χ0v) is 12.3. The predicted molar refractivity (Wildman–Crippen MR) is 72.5 cm³/mol. The number of pyridine rings is 1. The van der Waals surface area contributed by atoms with Gasteiger partial charge in [-0.2, -0.15) is 0 Å². The lowest BCUT2D eigenvalue weighted by Crippen LogP contribution is -2.29. The molecule has 0 aromatic carbocycles. The molecular formula is C12H17FN4OSi. The molecule has 2 aromatic rings. The average molecular weight is 280 g/mol. The Labute approximate surface area is 112 Å². The first kappa shape index (κ1) is 13.8. The minimum Gasteiger partial charge on any atom is -0.390 e. The van der Waals surface area contributed by atoms with E-state index in [1.165, 1.54) is 12.1 Å². The largest absolute Gasteiger partial charge is 0.390 e. The molecule has 19 heavy (non-hydrogen) atoms. The molecule has 0 aliphatic heterocycles. The molecule has 0 atom stereocenters. The molecule has 0 saturated carbocycles. The fourth-order valence-electron chi connectivity index (χ4n) is 1.78. The van der Waals surface area contributed by atoms with E-state index < -0.39 is 13.9 Å². The summed E-state index contributed by atoms with van der Waals surface area (Å²) in [7, 11) is -1.37. The second-order valence-electron chi connectivity index (χ2n) is 5.62. The Bertz CT molecular complexity index is 562. The van der Waals surface area contributed by atoms with Gasteiger partial charge in [0.15, 0.2) is 0 Å². The van der Waals surface area contributed by atoms with E-state index in [1.807, 2.05) is 0 Å². The van der Waals surface area contributed by atoms with Crippen LogP contribution >= 0.6 is 0 Å². The quantitative estimate of drug-likeness (QED) is 0.868. The minimum atomic E-state index is -1.37. The Balaban J connectivity index is 2.39. The van der Waals surface area contributed by atoms with Crippen molar-refractivity contribution in [2.75, 3.05) is 0 Å². The number of nitrogens with zero attached hydrogens (tertiary/aromatic N) is 4. The lowest BCUT2D eigenvalue weighted by atomic mass is 10.2. The third kappa shape index (κ3) is 3.24. The summed E-state index contributed by atoms with van der Waals surface area (Å²) in [5.74, 6) is -0.399. The van der Waals surface area contributed by atoms with Crippen molar-refractivity contribution in [1.29, 1.82) is 0 Å². The minimum absolute atomic E-state index is 0.161. The van der Waals surface area contributed by atoms with Crippen molar-refractivity contribution in [1.82, 2.24) is 20.0 Å². The molecule has 5 nitrogen and oxygen atoms in total. The molecule has 0 unspecified atom stereocenters. The topological polar surface area (TPSA) is 63.8 Å². The Morgan fingerprint density at radius 1 is 1.32 bits per heavy atom. The first-order valence-corrected chi connectivity index (χ1v) is 9.76. The lowest BCUT2D eigenvalue weighted by molar-refractivity contribution is 0.270. The second kappa shape index (κ2) is 5.18. The molecule has 0 saturated heterocycles. The van der Waals surface area contributed by atoms with E-state index in [9.17, 15) is 9.50 Å². The van der Waals surface area contributed by atoms with E-state index in [2.05, 4.69) is 34.9 Å². The van der Waals surface area contributed by atoms with Crippen molar-refractivity contribution >= 4 is 8.07 Å². The van der Waals surface area contributed by atoms with Crippen LogP contribution in [0, 0.1) is 5.82 Å². The standard InChI is InChI=1S/C12H17FN4OSi/c1-19(2,3)8-17-11(7-18)12(15-16-17)10-5-4-9(13)6-14-10/h4-6,18H,7-8H2,1-3H3. The van der Waals surface area contributed by atoms with Crippen LogP contribution < -0.4 is 0 Å². The first-order valence-electron chi connectivity index (χ1n) is 6.06. The van der Waals surface area contributed by atoms with Gasteiger partial charge in [-0.25, -0.2) is 9.07 Å². The average Bonchev–Trinajstić information content (AvgIpc) is 2.70. The SMILES string of the molecule is C[Si](C)(C)Cn1nnc(-c2ccc(F)cn2)c1CO. The molecule has 0 radical (unpaired) electrons. The molecule has 2 aromatic heterocycles. The number of aromatic nitrogens is 4. The van der Waals surface area contributed by atoms with Gasteiger partial charge in [-0.1, -0.05) is 24.9 Å². The third-order valence-corrected chi connectivity index (χ3v) is 3.83. The van der Waals surface area contributed by atoms with Crippen LogP contribution in [0.1, 0.15) is 5.69 Å². The summed E-state index contributed by atoms with van der Waals surface area (Å²) >= 11 is 0. The number of hydrogen-bond acceptors (Lipinski definition) is 4. The molecular weight excluding hydrogens is 263 g/mol. The number of rotatable bonds is 4. The summed E-state index contributed by atoms with van der Waals surface area (Å²) < 4.78 is 14.6. The number of halogens is 1. The van der Waals surface area contributed by atoms with Gasteiger partial charge in [0.2, 0.25) is 0 Å². The van der Waals surface area contributed by atoms with Crippen molar-refractivity contribution in [3.63, 3.8) is 0 Å². The molecule has 102 valence electrons. The summed E-state index contributed by atoms with van der Waals surface area (Å²) in [6.07, 6.45) is 1.91. The van der Waals surface area contributed by atoms with Gasteiger partial charge in [0.1, 0.15) is 11.5 Å². The van der Waals surface area contributed by atoms with Gasteiger partial charge in [0, 0.05) is 6.17 Å². The van der Waals surface area contributed by atoms with Crippen LogP contribution in [0.2, 0.25) is 19.6 Å². The van der Waals surface area contributed by atoms with E-state index in [1.54, 1.807) is 4.68 Å². The van der Waals surface area contributed by atoms with Gasteiger partial charge in [-0.15, -0.1) is 5.10 Å². The molecule has 1 N–H and O–H groups in total. The second-order valence-corrected chi connectivity index (χ2v) is 11.1. The van der Waals surface area contributed by atoms with Crippen LogP contribution in [0.15, 0.2) is 18.3 Å². The van der Waals surface area contributed by atoms with Gasteiger partial charge in [0.25, 0.3) is 0 Å². The van der Waals surface area contributed by atoms with Gasteiger partial charge in [-0.05, 0) is 12.1 Å². The van der Waals surface area contributed by atoms with Gasteiger partial charge in [-0.3, -0.25) is 4.98 Å². The van der Waals surface area contributed by atoms with Crippen molar-refractivity contribution < 1.29 is 9.50 Å². The zero-order valence-electron chi connectivity index (χ0n) is 11.3. The summed E-state index contributed by atoms with van der Waals surface area (Å²) in [6, 6.07) is 2.86. The van der Waals surface area contributed by atoms with Crippen molar-refractivity contribution in [3.05, 3.63) is 29.8 Å². The maximum atomic E-state index is 12.9. The summed E-state index contributed by atoms with van der Waals surface area (Å²) in [5, 5.41) is 17.7. The van der Waals surface area contributed by atoms with Crippen LogP contribution in [0.3, 0.4) is 0 Å². The van der Waals surface area contributed by atoms with E-state index >= 15 is 0 Å². The Kier molecular flexibility index (Phi) is 3.77. The van der Waals surface area contributed by atoms with Crippen LogP contribution in [-0.4, -0.2) is 33.2 Å². The molecule has 2 heterocycles. The highest BCUT2D eigenvalue weighted by atomic mass is 28.3. The highest BCUT2D eigenvalue weighted by molar-refractivity contribution is 6.74. The molecule has 2 rings (SSSR count). The molecule has 0 aliphatic carbocycles. The maximum absolute atomic E-state index is 12.9.